The molecule has 1 atom stereocenters. The molecule has 3 heterocycles. The maximum atomic E-state index is 12.8. The summed E-state index contributed by atoms with van der Waals surface area (Å²) >= 11 is 6.02. The van der Waals surface area contributed by atoms with E-state index in [2.05, 4.69) is 16.3 Å². The number of benzene rings is 1. The van der Waals surface area contributed by atoms with Crippen molar-refractivity contribution in [3.05, 3.63) is 46.6 Å². The Bertz CT molecular complexity index is 1020. The second-order valence-electron chi connectivity index (χ2n) is 8.34. The smallest absolute Gasteiger partial charge is 0.228 e. The Labute approximate surface area is 183 Å². The predicted octanol–water partition coefficient (Wildman–Crippen LogP) is 3.41. The topological polar surface area (TPSA) is 78.4 Å². The van der Waals surface area contributed by atoms with Crippen molar-refractivity contribution in [2.24, 2.45) is 0 Å². The Morgan fingerprint density at radius 1 is 1.20 bits per heavy atom. The molecule has 158 valence electrons. The Morgan fingerprint density at radius 2 is 2.00 bits per heavy atom. The first-order chi connectivity index (χ1) is 14.6. The van der Waals surface area contributed by atoms with Crippen molar-refractivity contribution in [3.8, 4) is 0 Å². The zero-order valence-corrected chi connectivity index (χ0v) is 18.3. The minimum Gasteiger partial charge on any atom is -0.394 e. The molecule has 3 aliphatic rings. The summed E-state index contributed by atoms with van der Waals surface area (Å²) in [5, 5.41) is 14.1. The number of nitrogens with one attached hydrogen (secondary N) is 1. The third-order valence-corrected chi connectivity index (χ3v) is 8.10. The van der Waals surface area contributed by atoms with Crippen LogP contribution >= 0.6 is 11.6 Å². The van der Waals surface area contributed by atoms with Crippen LogP contribution in [0.1, 0.15) is 36.9 Å². The van der Waals surface area contributed by atoms with Crippen molar-refractivity contribution >= 4 is 39.7 Å². The lowest BCUT2D eigenvalue weighted by molar-refractivity contribution is 0.143. The molecular weight excluding hydrogens is 420 g/mol. The highest BCUT2D eigenvalue weighted by Gasteiger charge is 2.38. The largest absolute Gasteiger partial charge is 0.394 e. The molecule has 0 radical (unpaired) electrons. The third-order valence-electron chi connectivity index (χ3n) is 6.31. The molecule has 2 aromatic rings. The van der Waals surface area contributed by atoms with Crippen LogP contribution in [0.2, 0.25) is 5.02 Å². The molecule has 0 unspecified atom stereocenters. The van der Waals surface area contributed by atoms with Crippen LogP contribution in [-0.2, 0) is 17.2 Å². The van der Waals surface area contributed by atoms with Crippen LogP contribution in [0.25, 0.3) is 5.57 Å². The van der Waals surface area contributed by atoms with Crippen LogP contribution in [0.15, 0.2) is 35.2 Å². The number of halogens is 1. The third kappa shape index (κ3) is 3.63. The van der Waals surface area contributed by atoms with Crippen LogP contribution < -0.4 is 10.2 Å². The number of aliphatic hydroxyl groups excluding tert-OH is 1. The average molecular weight is 445 g/mol. The summed E-state index contributed by atoms with van der Waals surface area (Å²) in [7, 11) is -1.10. The quantitative estimate of drug-likeness (QED) is 0.735. The number of hydrogen-bond donors (Lipinski definition) is 2. The monoisotopic (exact) mass is 444 g/mol. The van der Waals surface area contributed by atoms with Gasteiger partial charge in [-0.1, -0.05) is 29.8 Å². The van der Waals surface area contributed by atoms with Crippen LogP contribution in [0.5, 0.6) is 0 Å². The normalized spacial score (nSPS) is 22.3. The summed E-state index contributed by atoms with van der Waals surface area (Å²) in [5.41, 5.74) is 2.89. The summed E-state index contributed by atoms with van der Waals surface area (Å²) in [6.07, 6.45) is 6.75. The van der Waals surface area contributed by atoms with E-state index < -0.39 is 10.8 Å². The van der Waals surface area contributed by atoms with Crippen molar-refractivity contribution in [1.29, 1.82) is 0 Å². The van der Waals surface area contributed by atoms with Gasteiger partial charge in [0.15, 0.2) is 0 Å². The van der Waals surface area contributed by atoms with E-state index >= 15 is 0 Å². The minimum atomic E-state index is -1.10. The lowest BCUT2D eigenvalue weighted by Gasteiger charge is -2.42. The second kappa shape index (κ2) is 7.94. The van der Waals surface area contributed by atoms with Gasteiger partial charge in [-0.25, -0.2) is 4.98 Å². The van der Waals surface area contributed by atoms with Crippen LogP contribution in [0.3, 0.4) is 0 Å². The van der Waals surface area contributed by atoms with E-state index in [0.29, 0.717) is 24.1 Å². The molecule has 1 aromatic heterocycles. The summed E-state index contributed by atoms with van der Waals surface area (Å²) in [4.78, 5) is 12.5. The SMILES string of the molecule is O=[S@@]1CCCc2nc(N3CC=C(c4ccc(Cl)cc4)C3)nc(NC3(CO)CCC3)c21. The molecule has 1 fully saturated rings. The highest BCUT2D eigenvalue weighted by molar-refractivity contribution is 7.85. The Kier molecular flexibility index (Phi) is 5.29. The van der Waals surface area contributed by atoms with Gasteiger partial charge >= 0.3 is 0 Å². The van der Waals surface area contributed by atoms with Gasteiger partial charge in [-0.15, -0.1) is 0 Å². The first-order valence-electron chi connectivity index (χ1n) is 10.5. The molecule has 5 rings (SSSR count). The molecule has 1 aliphatic carbocycles. The maximum Gasteiger partial charge on any atom is 0.228 e. The number of nitrogens with zero attached hydrogens (tertiary/aromatic N) is 3. The standard InChI is InChI=1S/C22H25ClN4O2S/c23-17-6-4-15(5-7-17)16-8-11-27(13-16)21-24-18-3-1-12-30(29)19(18)20(25-21)26-22(14-28)9-2-10-22/h4-8,28H,1-3,9-14H2,(H,24,25,26)/t30-/m1/s1. The van der Waals surface area contributed by atoms with Crippen molar-refractivity contribution in [3.63, 3.8) is 0 Å². The molecule has 0 bridgehead atoms. The first kappa shape index (κ1) is 20.0. The van der Waals surface area contributed by atoms with Crippen LogP contribution in [0, 0.1) is 0 Å². The van der Waals surface area contributed by atoms with E-state index in [-0.39, 0.29) is 12.1 Å². The number of hydrogen-bond acceptors (Lipinski definition) is 6. The molecule has 8 heteroatoms. The van der Waals surface area contributed by atoms with Gasteiger partial charge in [0.05, 0.1) is 28.6 Å². The summed E-state index contributed by atoms with van der Waals surface area (Å²) in [6.45, 7) is 1.50. The van der Waals surface area contributed by atoms with Gasteiger partial charge in [0.25, 0.3) is 0 Å². The number of aromatic nitrogens is 2. The highest BCUT2D eigenvalue weighted by atomic mass is 35.5. The molecule has 1 aromatic carbocycles. The first-order valence-corrected chi connectivity index (χ1v) is 12.1. The summed E-state index contributed by atoms with van der Waals surface area (Å²) in [6, 6.07) is 7.87. The number of anilines is 2. The van der Waals surface area contributed by atoms with Gasteiger partial charge in [-0.3, -0.25) is 4.21 Å². The molecule has 0 saturated heterocycles. The summed E-state index contributed by atoms with van der Waals surface area (Å²) in [5.74, 6) is 1.94. The van der Waals surface area contributed by atoms with Crippen LogP contribution in [0.4, 0.5) is 11.8 Å². The van der Waals surface area contributed by atoms with Gasteiger partial charge in [-0.2, -0.15) is 4.98 Å². The lowest BCUT2D eigenvalue weighted by atomic mass is 9.77. The highest BCUT2D eigenvalue weighted by Crippen LogP contribution is 2.38. The van der Waals surface area contributed by atoms with Crippen molar-refractivity contribution in [1.82, 2.24) is 9.97 Å². The van der Waals surface area contributed by atoms with E-state index in [1.165, 1.54) is 5.57 Å². The van der Waals surface area contributed by atoms with Crippen molar-refractivity contribution in [2.45, 2.75) is 42.5 Å². The zero-order valence-electron chi connectivity index (χ0n) is 16.7. The number of aliphatic hydroxyl groups is 1. The molecule has 2 N–H and O–H groups in total. The molecule has 2 aliphatic heterocycles. The van der Waals surface area contributed by atoms with Gasteiger partial charge in [-0.05, 0) is 55.4 Å². The van der Waals surface area contributed by atoms with Gasteiger partial charge in [0.2, 0.25) is 5.95 Å². The van der Waals surface area contributed by atoms with E-state index in [1.807, 2.05) is 24.3 Å². The fourth-order valence-corrected chi connectivity index (χ4v) is 5.81. The number of aryl methyl sites for hydroxylation is 1. The van der Waals surface area contributed by atoms with E-state index in [1.54, 1.807) is 0 Å². The molecule has 1 saturated carbocycles. The van der Waals surface area contributed by atoms with Gasteiger partial charge in [0, 0.05) is 23.9 Å². The average Bonchev–Trinajstić information content (AvgIpc) is 3.21. The van der Waals surface area contributed by atoms with Gasteiger partial charge in [0.1, 0.15) is 10.7 Å². The van der Waals surface area contributed by atoms with E-state index in [9.17, 15) is 9.32 Å². The molecule has 6 nitrogen and oxygen atoms in total. The fourth-order valence-electron chi connectivity index (χ4n) is 4.35. The van der Waals surface area contributed by atoms with Crippen molar-refractivity contribution < 1.29 is 9.32 Å². The number of fused-ring (bicyclic) bond motifs is 1. The van der Waals surface area contributed by atoms with Crippen molar-refractivity contribution in [2.75, 3.05) is 35.7 Å². The summed E-state index contributed by atoms with van der Waals surface area (Å²) < 4.78 is 12.8. The van der Waals surface area contributed by atoms with E-state index in [4.69, 9.17) is 21.6 Å². The van der Waals surface area contributed by atoms with Gasteiger partial charge < -0.3 is 15.3 Å². The second-order valence-corrected chi connectivity index (χ2v) is 10.3. The number of rotatable bonds is 5. The minimum absolute atomic E-state index is 0.0553. The Hall–Kier alpha value is -1.96. The van der Waals surface area contributed by atoms with Crippen LogP contribution in [-0.4, -0.2) is 50.3 Å². The Balaban J connectivity index is 1.45. The Morgan fingerprint density at radius 3 is 2.70 bits per heavy atom. The molecule has 0 amide bonds. The molecule has 0 spiro atoms. The zero-order chi connectivity index (χ0) is 20.7. The van der Waals surface area contributed by atoms with E-state index in [0.717, 1.165) is 59.8 Å². The fraction of sp³-hybridized carbons (Fsp3) is 0.455. The maximum absolute atomic E-state index is 12.8. The molecular formula is C22H25ClN4O2S. The molecule has 30 heavy (non-hydrogen) atoms. The predicted molar refractivity (Wildman–Crippen MR) is 121 cm³/mol. The lowest BCUT2D eigenvalue weighted by Crippen LogP contribution is -2.49.